The Hall–Kier alpha value is -2.38. The summed E-state index contributed by atoms with van der Waals surface area (Å²) in [5.74, 6) is 0.511. The molecule has 0 bridgehead atoms. The summed E-state index contributed by atoms with van der Waals surface area (Å²) in [5, 5.41) is 2.93. The lowest BCUT2D eigenvalue weighted by Gasteiger charge is -2.31. The third-order valence-corrected chi connectivity index (χ3v) is 7.18. The highest BCUT2D eigenvalue weighted by molar-refractivity contribution is 7.89. The topological polar surface area (TPSA) is 75.7 Å². The number of nitrogens with zero attached hydrogens (tertiary/aromatic N) is 1. The fourth-order valence-electron chi connectivity index (χ4n) is 3.47. The standard InChI is InChI=1S/C22H28N2O4S/c1-16(2)17-6-8-19(9-7-17)23-22(25)18-5-4-14-24(15-18)29(26,27)21-12-10-20(28-3)11-13-21/h6-13,16,18H,4-5,14-15H2,1-3H3,(H,23,25). The van der Waals surface area contributed by atoms with Gasteiger partial charge < -0.3 is 10.1 Å². The molecular formula is C22H28N2O4S. The zero-order chi connectivity index (χ0) is 21.0. The second-order valence-corrected chi connectivity index (χ2v) is 9.58. The Kier molecular flexibility index (Phi) is 6.59. The predicted molar refractivity (Wildman–Crippen MR) is 114 cm³/mol. The Balaban J connectivity index is 1.68. The lowest BCUT2D eigenvalue weighted by atomic mass is 9.98. The highest BCUT2D eigenvalue weighted by Crippen LogP contribution is 2.26. The number of hydrogen-bond donors (Lipinski definition) is 1. The summed E-state index contributed by atoms with van der Waals surface area (Å²) in [5.41, 5.74) is 1.94. The number of rotatable bonds is 6. The molecule has 0 aromatic heterocycles. The lowest BCUT2D eigenvalue weighted by Crippen LogP contribution is -2.43. The Morgan fingerprint density at radius 3 is 2.34 bits per heavy atom. The van der Waals surface area contributed by atoms with Crippen LogP contribution in [0.5, 0.6) is 5.75 Å². The van der Waals surface area contributed by atoms with E-state index < -0.39 is 10.0 Å². The van der Waals surface area contributed by atoms with Crippen molar-refractivity contribution in [3.05, 3.63) is 54.1 Å². The van der Waals surface area contributed by atoms with Gasteiger partial charge in [0.2, 0.25) is 15.9 Å². The maximum Gasteiger partial charge on any atom is 0.243 e. The van der Waals surface area contributed by atoms with E-state index in [2.05, 4.69) is 19.2 Å². The van der Waals surface area contributed by atoms with E-state index in [1.54, 1.807) is 12.1 Å². The molecule has 0 radical (unpaired) electrons. The summed E-state index contributed by atoms with van der Waals surface area (Å²) in [6, 6.07) is 14.1. The van der Waals surface area contributed by atoms with Crippen LogP contribution >= 0.6 is 0 Å². The van der Waals surface area contributed by atoms with Gasteiger partial charge in [-0.1, -0.05) is 26.0 Å². The van der Waals surface area contributed by atoms with Crippen molar-refractivity contribution in [1.29, 1.82) is 0 Å². The molecule has 1 amide bonds. The first kappa shape index (κ1) is 21.3. The van der Waals surface area contributed by atoms with E-state index in [-0.39, 0.29) is 23.3 Å². The van der Waals surface area contributed by atoms with Crippen LogP contribution in [0.1, 0.15) is 38.2 Å². The Morgan fingerprint density at radius 2 is 1.76 bits per heavy atom. The van der Waals surface area contributed by atoms with Crippen LogP contribution in [0.3, 0.4) is 0 Å². The first-order valence-electron chi connectivity index (χ1n) is 9.86. The van der Waals surface area contributed by atoms with Gasteiger partial charge in [-0.05, 0) is 60.7 Å². The average Bonchev–Trinajstić information content (AvgIpc) is 2.74. The molecule has 0 saturated carbocycles. The SMILES string of the molecule is COc1ccc(S(=O)(=O)N2CCCC(C(=O)Nc3ccc(C(C)C)cc3)C2)cc1. The van der Waals surface area contributed by atoms with Gasteiger partial charge in [0.05, 0.1) is 17.9 Å². The molecule has 2 aromatic rings. The van der Waals surface area contributed by atoms with Crippen molar-refractivity contribution < 1.29 is 17.9 Å². The molecule has 2 aromatic carbocycles. The fraction of sp³-hybridized carbons (Fsp3) is 0.409. The maximum atomic E-state index is 13.0. The summed E-state index contributed by atoms with van der Waals surface area (Å²) in [7, 11) is -2.11. The minimum absolute atomic E-state index is 0.142. The van der Waals surface area contributed by atoms with Crippen LogP contribution in [0, 0.1) is 5.92 Å². The van der Waals surface area contributed by atoms with Crippen LogP contribution in [-0.4, -0.2) is 38.8 Å². The van der Waals surface area contributed by atoms with Crippen molar-refractivity contribution >= 4 is 21.6 Å². The number of benzene rings is 2. The highest BCUT2D eigenvalue weighted by atomic mass is 32.2. The molecule has 6 nitrogen and oxygen atoms in total. The van der Waals surface area contributed by atoms with Gasteiger partial charge in [-0.3, -0.25) is 4.79 Å². The number of amides is 1. The minimum atomic E-state index is -3.64. The van der Waals surface area contributed by atoms with Crippen molar-refractivity contribution in [1.82, 2.24) is 4.31 Å². The highest BCUT2D eigenvalue weighted by Gasteiger charge is 2.33. The molecule has 1 unspecified atom stereocenters. The van der Waals surface area contributed by atoms with E-state index in [0.717, 1.165) is 5.69 Å². The zero-order valence-corrected chi connectivity index (χ0v) is 17.9. The maximum absolute atomic E-state index is 13.0. The fourth-order valence-corrected chi connectivity index (χ4v) is 4.99. The number of ether oxygens (including phenoxy) is 1. The molecule has 1 N–H and O–H groups in total. The molecule has 1 fully saturated rings. The van der Waals surface area contributed by atoms with Gasteiger partial charge in [0.15, 0.2) is 0 Å². The number of carbonyl (C=O) groups is 1. The zero-order valence-electron chi connectivity index (χ0n) is 17.1. The molecule has 1 aliphatic heterocycles. The Bertz CT molecular complexity index is 938. The van der Waals surface area contributed by atoms with E-state index in [9.17, 15) is 13.2 Å². The summed E-state index contributed by atoms with van der Waals surface area (Å²) in [6.45, 7) is 4.84. The van der Waals surface area contributed by atoms with Crippen LogP contribution < -0.4 is 10.1 Å². The molecule has 1 saturated heterocycles. The molecule has 0 aliphatic carbocycles. The normalized spacial score (nSPS) is 17.9. The van der Waals surface area contributed by atoms with Crippen LogP contribution in [-0.2, 0) is 14.8 Å². The number of anilines is 1. The lowest BCUT2D eigenvalue weighted by molar-refractivity contribution is -0.120. The second-order valence-electron chi connectivity index (χ2n) is 7.64. The summed E-state index contributed by atoms with van der Waals surface area (Å²) >= 11 is 0. The average molecular weight is 417 g/mol. The molecule has 7 heteroatoms. The summed E-state index contributed by atoms with van der Waals surface area (Å²) < 4.78 is 32.4. The van der Waals surface area contributed by atoms with Gasteiger partial charge >= 0.3 is 0 Å². The number of nitrogens with one attached hydrogen (secondary N) is 1. The Labute approximate surface area is 172 Å². The first-order valence-corrected chi connectivity index (χ1v) is 11.3. The van der Waals surface area contributed by atoms with E-state index in [0.29, 0.717) is 31.1 Å². The van der Waals surface area contributed by atoms with Gasteiger partial charge in [-0.15, -0.1) is 0 Å². The number of sulfonamides is 1. The van der Waals surface area contributed by atoms with Gasteiger partial charge in [-0.25, -0.2) is 8.42 Å². The first-order chi connectivity index (χ1) is 13.8. The molecule has 1 heterocycles. The number of piperidine rings is 1. The number of hydrogen-bond acceptors (Lipinski definition) is 4. The van der Waals surface area contributed by atoms with Crippen LogP contribution in [0.15, 0.2) is 53.4 Å². The quantitative estimate of drug-likeness (QED) is 0.776. The van der Waals surface area contributed by atoms with Crippen molar-refractivity contribution in [2.45, 2.75) is 37.5 Å². The van der Waals surface area contributed by atoms with Crippen LogP contribution in [0.25, 0.3) is 0 Å². The second kappa shape index (κ2) is 8.97. The van der Waals surface area contributed by atoms with Crippen molar-refractivity contribution in [3.8, 4) is 5.75 Å². The molecular weight excluding hydrogens is 388 g/mol. The monoisotopic (exact) mass is 416 g/mol. The van der Waals surface area contributed by atoms with Crippen LogP contribution in [0.2, 0.25) is 0 Å². The smallest absolute Gasteiger partial charge is 0.243 e. The molecule has 1 aliphatic rings. The predicted octanol–water partition coefficient (Wildman–Crippen LogP) is 3.86. The summed E-state index contributed by atoms with van der Waals surface area (Å²) in [4.78, 5) is 12.9. The molecule has 0 spiro atoms. The van der Waals surface area contributed by atoms with E-state index in [4.69, 9.17) is 4.74 Å². The molecule has 1 atom stereocenters. The van der Waals surface area contributed by atoms with Crippen LogP contribution in [0.4, 0.5) is 5.69 Å². The van der Waals surface area contributed by atoms with Gasteiger partial charge in [-0.2, -0.15) is 4.31 Å². The van der Waals surface area contributed by atoms with E-state index in [1.807, 2.05) is 24.3 Å². The Morgan fingerprint density at radius 1 is 1.10 bits per heavy atom. The van der Waals surface area contributed by atoms with Crippen molar-refractivity contribution in [2.75, 3.05) is 25.5 Å². The largest absolute Gasteiger partial charge is 0.497 e. The van der Waals surface area contributed by atoms with Gasteiger partial charge in [0, 0.05) is 18.8 Å². The van der Waals surface area contributed by atoms with Gasteiger partial charge in [0.1, 0.15) is 5.75 Å². The minimum Gasteiger partial charge on any atom is -0.497 e. The number of methoxy groups -OCH3 is 1. The number of carbonyl (C=O) groups excluding carboxylic acids is 1. The molecule has 3 rings (SSSR count). The molecule has 156 valence electrons. The molecule has 29 heavy (non-hydrogen) atoms. The van der Waals surface area contributed by atoms with Gasteiger partial charge in [0.25, 0.3) is 0 Å². The third kappa shape index (κ3) is 4.97. The van der Waals surface area contributed by atoms with E-state index in [1.165, 1.54) is 29.1 Å². The third-order valence-electron chi connectivity index (χ3n) is 5.30. The van der Waals surface area contributed by atoms with Crippen molar-refractivity contribution in [3.63, 3.8) is 0 Å². The summed E-state index contributed by atoms with van der Waals surface area (Å²) in [6.07, 6.45) is 1.32. The van der Waals surface area contributed by atoms with E-state index >= 15 is 0 Å². The van der Waals surface area contributed by atoms with Crippen molar-refractivity contribution in [2.24, 2.45) is 5.92 Å².